The maximum absolute atomic E-state index is 13.5. The second-order valence-electron chi connectivity index (χ2n) is 12.3. The van der Waals surface area contributed by atoms with Crippen molar-refractivity contribution >= 4 is 45.2 Å². The molecule has 2 aliphatic rings. The van der Waals surface area contributed by atoms with Crippen molar-refractivity contribution in [2.24, 2.45) is 5.41 Å². The van der Waals surface area contributed by atoms with Crippen LogP contribution < -0.4 is 39.2 Å². The second kappa shape index (κ2) is 18.1. The molecule has 3 rings (SSSR count). The molecule has 2 heterocycles. The zero-order valence-corrected chi connectivity index (χ0v) is 32.0. The number of allylic oxidation sites excluding steroid dienone is 4. The van der Waals surface area contributed by atoms with Gasteiger partial charge < -0.3 is 18.9 Å². The molecule has 1 aromatic carbocycles. The van der Waals surface area contributed by atoms with E-state index in [1.807, 2.05) is 18.2 Å². The topological polar surface area (TPSA) is 154 Å². The smallest absolute Gasteiger partial charge is 0.748 e. The average Bonchev–Trinajstić information content (AvgIpc) is 2.99. The summed E-state index contributed by atoms with van der Waals surface area (Å²) in [7, 11) is -4.58. The van der Waals surface area contributed by atoms with Gasteiger partial charge in [-0.25, -0.2) is 13.2 Å². The molecule has 0 atom stereocenters. The molecule has 4 amide bonds. The van der Waals surface area contributed by atoms with Crippen LogP contribution in [0, 0.1) is 5.41 Å². The Kier molecular flexibility index (Phi) is 15.6. The molecular formula is C34H46N3NaO9S. The van der Waals surface area contributed by atoms with E-state index in [4.69, 9.17) is 9.47 Å². The molecular weight excluding hydrogens is 649 g/mol. The van der Waals surface area contributed by atoms with Gasteiger partial charge in [0.05, 0.1) is 16.7 Å². The molecule has 0 unspecified atom stereocenters. The van der Waals surface area contributed by atoms with Crippen LogP contribution in [-0.2, 0) is 29.2 Å². The number of imide groups is 2. The van der Waals surface area contributed by atoms with Crippen LogP contribution in [0.4, 0.5) is 10.5 Å². The van der Waals surface area contributed by atoms with Crippen molar-refractivity contribution in [2.45, 2.75) is 73.6 Å². The number of nitrogens with zero attached hydrogens (tertiary/aromatic N) is 3. The maximum atomic E-state index is 13.5. The number of esters is 1. The van der Waals surface area contributed by atoms with E-state index in [2.05, 4.69) is 45.6 Å². The first-order valence-electron chi connectivity index (χ1n) is 16.1. The number of carbonyl (C=O) groups excluding carboxylic acids is 4. The van der Waals surface area contributed by atoms with Gasteiger partial charge in [-0.15, -0.1) is 0 Å². The number of amides is 4. The molecule has 48 heavy (non-hydrogen) atoms. The molecule has 12 nitrogen and oxygen atoms in total. The molecule has 0 bridgehead atoms. The van der Waals surface area contributed by atoms with E-state index in [-0.39, 0.29) is 79.1 Å². The first-order chi connectivity index (χ1) is 22.1. The van der Waals surface area contributed by atoms with Crippen LogP contribution in [0.2, 0.25) is 0 Å². The Balaban J connectivity index is 0.00000800. The summed E-state index contributed by atoms with van der Waals surface area (Å²) in [5, 5.41) is 0. The first kappa shape index (κ1) is 41.2. The zero-order valence-electron chi connectivity index (χ0n) is 29.2. The predicted octanol–water partition coefficient (Wildman–Crippen LogP) is 2.02. The van der Waals surface area contributed by atoms with Crippen LogP contribution in [0.5, 0.6) is 5.75 Å². The third kappa shape index (κ3) is 11.0. The van der Waals surface area contributed by atoms with E-state index in [9.17, 15) is 32.1 Å². The van der Waals surface area contributed by atoms with Crippen molar-refractivity contribution in [3.8, 4) is 5.75 Å². The van der Waals surface area contributed by atoms with E-state index in [1.165, 1.54) is 12.2 Å². The molecule has 1 saturated heterocycles. The Hall–Kier alpha value is -2.97. The Morgan fingerprint density at radius 2 is 1.58 bits per heavy atom. The van der Waals surface area contributed by atoms with Gasteiger partial charge >= 0.3 is 41.6 Å². The van der Waals surface area contributed by atoms with Gasteiger partial charge in [0.25, 0.3) is 11.8 Å². The van der Waals surface area contributed by atoms with Gasteiger partial charge in [0.2, 0.25) is 0 Å². The molecule has 0 aliphatic carbocycles. The molecule has 258 valence electrons. The van der Waals surface area contributed by atoms with Gasteiger partial charge in [-0.1, -0.05) is 27.2 Å². The van der Waals surface area contributed by atoms with Crippen LogP contribution in [0.15, 0.2) is 47.8 Å². The zero-order chi connectivity index (χ0) is 34.9. The third-order valence-electron chi connectivity index (χ3n) is 7.88. The summed E-state index contributed by atoms with van der Waals surface area (Å²) in [6, 6.07) is 5.16. The van der Waals surface area contributed by atoms with Gasteiger partial charge in [0.15, 0.2) is 0 Å². The number of anilines is 1. The monoisotopic (exact) mass is 695 g/mol. The second-order valence-corrected chi connectivity index (χ2v) is 13.9. The number of hydrogen-bond donors (Lipinski definition) is 0. The summed E-state index contributed by atoms with van der Waals surface area (Å²) < 4.78 is 44.7. The van der Waals surface area contributed by atoms with Gasteiger partial charge in [-0.05, 0) is 81.4 Å². The number of hydrogen-bond acceptors (Lipinski definition) is 10. The van der Waals surface area contributed by atoms with Crippen LogP contribution >= 0.6 is 0 Å². The van der Waals surface area contributed by atoms with Crippen LogP contribution in [-0.4, -0.2) is 85.1 Å². The Labute approximate surface area is 306 Å². The molecule has 0 radical (unpaired) electrons. The minimum absolute atomic E-state index is 0. The number of barbiturate groups is 1. The summed E-state index contributed by atoms with van der Waals surface area (Å²) in [6.45, 7) is 13.6. The van der Waals surface area contributed by atoms with Crippen molar-refractivity contribution in [3.05, 3.63) is 53.3 Å². The van der Waals surface area contributed by atoms with Gasteiger partial charge in [-0.2, -0.15) is 0 Å². The fourth-order valence-corrected chi connectivity index (χ4v) is 5.92. The number of ether oxygens (including phenoxy) is 2. The largest absolute Gasteiger partial charge is 1.00 e. The normalized spacial score (nSPS) is 16.8. The predicted molar refractivity (Wildman–Crippen MR) is 177 cm³/mol. The summed E-state index contributed by atoms with van der Waals surface area (Å²) in [4.78, 5) is 55.8. The summed E-state index contributed by atoms with van der Waals surface area (Å²) in [5.74, 6) is -1.76. The number of fused-ring (bicyclic) bond motifs is 1. The fourth-order valence-electron chi connectivity index (χ4n) is 5.44. The molecule has 1 fully saturated rings. The van der Waals surface area contributed by atoms with Crippen molar-refractivity contribution < 1.29 is 71.2 Å². The molecule has 14 heteroatoms. The quantitative estimate of drug-likeness (QED) is 0.0665. The Bertz CT molecular complexity index is 1560. The van der Waals surface area contributed by atoms with E-state index >= 15 is 0 Å². The van der Waals surface area contributed by atoms with E-state index in [1.54, 1.807) is 6.92 Å². The Morgan fingerprint density at radius 1 is 0.958 bits per heavy atom. The standard InChI is InChI=1S/C34H47N3O9S.Na/c1-7-35(8-2)24-15-17-26-28(34(4,5)6)23-25(46-29(26)22-24)16-18-27-31(39)36(19-12-10-11-14-30(38)45-9-3)33(41)37(32(27)40)20-13-21-47(42,43)44;/h15-18,22-23H,7-14,19-21H2,1-6H3,(H,42,43,44);/q;+1/p-1/b25-16+,27-18+;. The first-order valence-corrected chi connectivity index (χ1v) is 17.7. The summed E-state index contributed by atoms with van der Waals surface area (Å²) in [5.41, 5.74) is 2.35. The van der Waals surface area contributed by atoms with Crippen molar-refractivity contribution in [3.63, 3.8) is 0 Å². The average molecular weight is 696 g/mol. The number of urea groups is 1. The van der Waals surface area contributed by atoms with Gasteiger partial charge in [0.1, 0.15) is 17.1 Å². The summed E-state index contributed by atoms with van der Waals surface area (Å²) >= 11 is 0. The van der Waals surface area contributed by atoms with E-state index < -0.39 is 33.7 Å². The third-order valence-corrected chi connectivity index (χ3v) is 8.67. The van der Waals surface area contributed by atoms with Crippen molar-refractivity contribution in [1.82, 2.24) is 9.80 Å². The summed E-state index contributed by atoms with van der Waals surface area (Å²) in [6.07, 6.45) is 5.99. The molecule has 1 aromatic rings. The SMILES string of the molecule is CCOC(=O)CCCCCN1C(=O)/C(=C\C=C2/C=C(C(C)(C)C)c3ccc(N(CC)CC)cc3O2)C(=O)N(CCCS(=O)(=O)[O-])C1=O.[Na+]. The maximum Gasteiger partial charge on any atom is 1.00 e. The molecule has 0 spiro atoms. The number of rotatable bonds is 15. The number of carbonyl (C=O) groups is 4. The Morgan fingerprint density at radius 3 is 2.15 bits per heavy atom. The molecule has 0 N–H and O–H groups in total. The molecule has 2 aliphatic heterocycles. The number of benzene rings is 1. The fraction of sp³-hybridized carbons (Fsp3) is 0.529. The van der Waals surface area contributed by atoms with Crippen molar-refractivity contribution in [2.75, 3.05) is 43.4 Å². The van der Waals surface area contributed by atoms with Crippen molar-refractivity contribution in [1.29, 1.82) is 0 Å². The minimum Gasteiger partial charge on any atom is -0.748 e. The number of unbranched alkanes of at least 4 members (excludes halogenated alkanes) is 2. The minimum atomic E-state index is -4.58. The van der Waals surface area contributed by atoms with Crippen LogP contribution in [0.3, 0.4) is 0 Å². The van der Waals surface area contributed by atoms with E-state index in [0.29, 0.717) is 30.8 Å². The van der Waals surface area contributed by atoms with E-state index in [0.717, 1.165) is 39.7 Å². The van der Waals surface area contributed by atoms with Gasteiger partial charge in [-0.3, -0.25) is 24.2 Å². The molecule has 0 saturated carbocycles. The van der Waals surface area contributed by atoms with Crippen LogP contribution in [0.1, 0.15) is 79.2 Å². The van der Waals surface area contributed by atoms with Crippen LogP contribution in [0.25, 0.3) is 5.57 Å². The van der Waals surface area contributed by atoms with Gasteiger partial charge in [0, 0.05) is 55.7 Å². The molecule has 0 aromatic heterocycles.